The quantitative estimate of drug-likeness (QED) is 0.850. The average molecular weight is 352 g/mol. The Morgan fingerprint density at radius 2 is 2.22 bits per heavy atom. The lowest BCUT2D eigenvalue weighted by molar-refractivity contribution is 0.0529. The van der Waals surface area contributed by atoms with E-state index in [0.717, 1.165) is 40.5 Å². The Labute approximate surface area is 144 Å². The first kappa shape index (κ1) is 16.3. The zero-order chi connectivity index (χ0) is 16.4. The maximum absolute atomic E-state index is 11.9. The number of hydrogen-bond acceptors (Lipinski definition) is 5. The zero-order valence-corrected chi connectivity index (χ0v) is 14.4. The summed E-state index contributed by atoms with van der Waals surface area (Å²) < 4.78 is 5.01. The van der Waals surface area contributed by atoms with E-state index in [2.05, 4.69) is 4.90 Å². The number of esters is 1. The molecule has 4 nitrogen and oxygen atoms in total. The summed E-state index contributed by atoms with van der Waals surface area (Å²) in [5, 5.41) is 11.1. The largest absolute Gasteiger partial charge is 0.506 e. The van der Waals surface area contributed by atoms with Crippen LogP contribution in [0.15, 0.2) is 24.3 Å². The van der Waals surface area contributed by atoms with Crippen LogP contribution in [0.3, 0.4) is 0 Å². The summed E-state index contributed by atoms with van der Waals surface area (Å²) in [6, 6.07) is 7.77. The fraction of sp³-hybridized carbons (Fsp3) is 0.353. The lowest BCUT2D eigenvalue weighted by atomic mass is 10.1. The molecule has 2 heterocycles. The molecule has 122 valence electrons. The standard InChI is InChI=1S/C17H18ClNO3S/c1-2-22-17(21)16-15(20)12-10-19(8-7-14(12)23-16)9-11-5-3-4-6-13(11)18/h3-6,20H,2,7-10H2,1H3. The van der Waals surface area contributed by atoms with Crippen molar-refractivity contribution in [1.29, 1.82) is 0 Å². The van der Waals surface area contributed by atoms with Crippen LogP contribution in [0.2, 0.25) is 5.02 Å². The fourth-order valence-corrected chi connectivity index (χ4v) is 4.05. The van der Waals surface area contributed by atoms with Crippen LogP contribution >= 0.6 is 22.9 Å². The predicted molar refractivity (Wildman–Crippen MR) is 91.2 cm³/mol. The highest BCUT2D eigenvalue weighted by molar-refractivity contribution is 7.14. The van der Waals surface area contributed by atoms with Crippen molar-refractivity contribution in [2.24, 2.45) is 0 Å². The van der Waals surface area contributed by atoms with Gasteiger partial charge in [-0.3, -0.25) is 4.90 Å². The van der Waals surface area contributed by atoms with Crippen molar-refractivity contribution in [2.45, 2.75) is 26.4 Å². The molecule has 0 saturated heterocycles. The van der Waals surface area contributed by atoms with Crippen molar-refractivity contribution < 1.29 is 14.6 Å². The van der Waals surface area contributed by atoms with Gasteiger partial charge in [0.25, 0.3) is 0 Å². The summed E-state index contributed by atoms with van der Waals surface area (Å²) in [6.45, 7) is 4.28. The van der Waals surface area contributed by atoms with E-state index in [1.807, 2.05) is 24.3 Å². The Kier molecular flexibility index (Phi) is 4.90. The third kappa shape index (κ3) is 3.37. The number of rotatable bonds is 4. The molecule has 1 N–H and O–H groups in total. The summed E-state index contributed by atoms with van der Waals surface area (Å²) in [6.07, 6.45) is 0.817. The number of nitrogens with zero attached hydrogens (tertiary/aromatic N) is 1. The number of aromatic hydroxyl groups is 1. The number of halogens is 1. The first-order valence-corrected chi connectivity index (χ1v) is 8.76. The van der Waals surface area contributed by atoms with E-state index in [-0.39, 0.29) is 5.75 Å². The molecular formula is C17H18ClNO3S. The predicted octanol–water partition coefficient (Wildman–Crippen LogP) is 3.84. The van der Waals surface area contributed by atoms with Crippen molar-refractivity contribution in [3.8, 4) is 5.75 Å². The second-order valence-electron chi connectivity index (χ2n) is 5.45. The van der Waals surface area contributed by atoms with Crippen LogP contribution in [-0.2, 0) is 24.2 Å². The number of carbonyl (C=O) groups excluding carboxylic acids is 1. The molecule has 0 bridgehead atoms. The third-order valence-electron chi connectivity index (χ3n) is 3.91. The smallest absolute Gasteiger partial charge is 0.352 e. The molecule has 1 aliphatic heterocycles. The molecule has 0 aliphatic carbocycles. The fourth-order valence-electron chi connectivity index (χ4n) is 2.77. The van der Waals surface area contributed by atoms with E-state index < -0.39 is 5.97 Å². The molecule has 0 unspecified atom stereocenters. The molecule has 0 radical (unpaired) electrons. The van der Waals surface area contributed by atoms with Crippen LogP contribution < -0.4 is 0 Å². The number of benzene rings is 1. The molecule has 1 aliphatic rings. The highest BCUT2D eigenvalue weighted by Gasteiger charge is 2.28. The van der Waals surface area contributed by atoms with Gasteiger partial charge in [-0.15, -0.1) is 11.3 Å². The van der Waals surface area contributed by atoms with Crippen LogP contribution in [0, 0.1) is 0 Å². The van der Waals surface area contributed by atoms with Crippen LogP contribution in [-0.4, -0.2) is 29.1 Å². The Morgan fingerprint density at radius 3 is 2.96 bits per heavy atom. The molecular weight excluding hydrogens is 334 g/mol. The van der Waals surface area contributed by atoms with Gasteiger partial charge in [-0.1, -0.05) is 29.8 Å². The SMILES string of the molecule is CCOC(=O)c1sc2c(c1O)CN(Cc1ccccc1Cl)CC2. The van der Waals surface area contributed by atoms with Gasteiger partial charge >= 0.3 is 5.97 Å². The monoisotopic (exact) mass is 351 g/mol. The van der Waals surface area contributed by atoms with Crippen LogP contribution in [0.1, 0.15) is 32.6 Å². The molecule has 1 aromatic heterocycles. The molecule has 2 aromatic rings. The maximum Gasteiger partial charge on any atom is 0.352 e. The average Bonchev–Trinajstić information content (AvgIpc) is 2.87. The molecule has 23 heavy (non-hydrogen) atoms. The first-order valence-electron chi connectivity index (χ1n) is 7.56. The molecule has 0 saturated carbocycles. The van der Waals surface area contributed by atoms with E-state index in [1.54, 1.807) is 6.92 Å². The summed E-state index contributed by atoms with van der Waals surface area (Å²) in [5.41, 5.74) is 1.91. The zero-order valence-electron chi connectivity index (χ0n) is 12.8. The minimum Gasteiger partial charge on any atom is -0.506 e. The molecule has 3 rings (SSSR count). The van der Waals surface area contributed by atoms with Gasteiger partial charge in [0.05, 0.1) is 6.61 Å². The second kappa shape index (κ2) is 6.91. The lowest BCUT2D eigenvalue weighted by Gasteiger charge is -2.27. The van der Waals surface area contributed by atoms with Gasteiger partial charge in [0.2, 0.25) is 0 Å². The summed E-state index contributed by atoms with van der Waals surface area (Å²) >= 11 is 7.56. The molecule has 0 fully saturated rings. The highest BCUT2D eigenvalue weighted by Crippen LogP contribution is 2.39. The Bertz CT molecular complexity index is 729. The van der Waals surface area contributed by atoms with E-state index in [1.165, 1.54) is 11.3 Å². The van der Waals surface area contributed by atoms with Gasteiger partial charge in [-0.2, -0.15) is 0 Å². The number of fused-ring (bicyclic) bond motifs is 1. The van der Waals surface area contributed by atoms with Gasteiger partial charge < -0.3 is 9.84 Å². The molecule has 0 spiro atoms. The van der Waals surface area contributed by atoms with Crippen LogP contribution in [0.25, 0.3) is 0 Å². The van der Waals surface area contributed by atoms with Gasteiger partial charge in [-0.05, 0) is 25.0 Å². The molecule has 0 amide bonds. The van der Waals surface area contributed by atoms with Crippen LogP contribution in [0.5, 0.6) is 5.75 Å². The third-order valence-corrected chi connectivity index (χ3v) is 5.54. The first-order chi connectivity index (χ1) is 11.1. The summed E-state index contributed by atoms with van der Waals surface area (Å²) in [5.74, 6) is -0.366. The van der Waals surface area contributed by atoms with Crippen molar-refractivity contribution in [3.05, 3.63) is 50.2 Å². The van der Waals surface area contributed by atoms with Crippen molar-refractivity contribution in [3.63, 3.8) is 0 Å². The minimum absolute atomic E-state index is 0.0762. The van der Waals surface area contributed by atoms with Gasteiger partial charge in [0, 0.05) is 35.1 Å². The summed E-state index contributed by atoms with van der Waals surface area (Å²) in [4.78, 5) is 15.5. The second-order valence-corrected chi connectivity index (χ2v) is 6.97. The van der Waals surface area contributed by atoms with E-state index >= 15 is 0 Å². The van der Waals surface area contributed by atoms with E-state index in [0.29, 0.717) is 18.0 Å². The lowest BCUT2D eigenvalue weighted by Crippen LogP contribution is -2.29. The van der Waals surface area contributed by atoms with E-state index in [4.69, 9.17) is 16.3 Å². The molecule has 6 heteroatoms. The van der Waals surface area contributed by atoms with Crippen LogP contribution in [0.4, 0.5) is 0 Å². The minimum atomic E-state index is -0.443. The van der Waals surface area contributed by atoms with E-state index in [9.17, 15) is 9.90 Å². The molecule has 0 atom stereocenters. The summed E-state index contributed by atoms with van der Waals surface area (Å²) in [7, 11) is 0. The van der Waals surface area contributed by atoms with Crippen molar-refractivity contribution in [1.82, 2.24) is 4.90 Å². The normalized spacial score (nSPS) is 14.5. The highest BCUT2D eigenvalue weighted by atomic mass is 35.5. The van der Waals surface area contributed by atoms with Gasteiger partial charge in [0.1, 0.15) is 5.75 Å². The van der Waals surface area contributed by atoms with Crippen molar-refractivity contribution in [2.75, 3.05) is 13.2 Å². The van der Waals surface area contributed by atoms with Gasteiger partial charge in [-0.25, -0.2) is 4.79 Å². The van der Waals surface area contributed by atoms with Crippen molar-refractivity contribution >= 4 is 28.9 Å². The Morgan fingerprint density at radius 1 is 1.43 bits per heavy atom. The van der Waals surface area contributed by atoms with Gasteiger partial charge in [0.15, 0.2) is 4.88 Å². The Hall–Kier alpha value is -1.56. The Balaban J connectivity index is 1.78. The number of hydrogen-bond donors (Lipinski definition) is 1. The number of ether oxygens (including phenoxy) is 1. The number of carbonyl (C=O) groups is 1. The topological polar surface area (TPSA) is 49.8 Å². The number of thiophene rings is 1. The molecule has 1 aromatic carbocycles. The maximum atomic E-state index is 11.9.